The van der Waals surface area contributed by atoms with Gasteiger partial charge in [0.2, 0.25) is 0 Å². The van der Waals surface area contributed by atoms with E-state index in [1.165, 1.54) is 10.8 Å². The second-order valence-electron chi connectivity index (χ2n) is 3.25. The maximum absolute atomic E-state index is 10.4. The molecule has 0 atom stereocenters. The van der Waals surface area contributed by atoms with E-state index in [-0.39, 0.29) is 5.82 Å². The highest BCUT2D eigenvalue weighted by molar-refractivity contribution is 6.34. The van der Waals surface area contributed by atoms with E-state index in [9.17, 15) is 4.79 Å². The third kappa shape index (κ3) is 2.85. The molecule has 0 bridgehead atoms. The molecule has 0 aliphatic carbocycles. The average Bonchev–Trinajstić information content (AvgIpc) is 2.72. The number of halogens is 2. The van der Waals surface area contributed by atoms with Crippen molar-refractivity contribution in [1.82, 2.24) is 20.2 Å². The van der Waals surface area contributed by atoms with Crippen molar-refractivity contribution in [2.45, 2.75) is 0 Å². The first-order valence-corrected chi connectivity index (χ1v) is 5.48. The maximum atomic E-state index is 10.4. The van der Waals surface area contributed by atoms with Gasteiger partial charge in [-0.3, -0.25) is 0 Å². The molecule has 0 aliphatic rings. The standard InChI is InChI=1S/C10H6Cl2N4O2/c11-6-3-7(12)5-8(4-6)16-9(13-14-15-16)1-2-10(17)18/h1-5H,(H,17,18)/b2-1+. The van der Waals surface area contributed by atoms with E-state index in [2.05, 4.69) is 15.5 Å². The molecule has 2 rings (SSSR count). The minimum Gasteiger partial charge on any atom is -0.478 e. The Labute approximate surface area is 111 Å². The lowest BCUT2D eigenvalue weighted by Gasteiger charge is -2.03. The second kappa shape index (κ2) is 5.16. The molecule has 0 aliphatic heterocycles. The Hall–Kier alpha value is -1.92. The summed E-state index contributed by atoms with van der Waals surface area (Å²) in [6, 6.07) is 4.80. The summed E-state index contributed by atoms with van der Waals surface area (Å²) < 4.78 is 1.33. The van der Waals surface area contributed by atoms with E-state index in [0.717, 1.165) is 6.08 Å². The fourth-order valence-electron chi connectivity index (χ4n) is 1.29. The Morgan fingerprint density at radius 1 is 1.28 bits per heavy atom. The molecular weight excluding hydrogens is 279 g/mol. The van der Waals surface area contributed by atoms with Crippen molar-refractivity contribution in [3.05, 3.63) is 40.1 Å². The number of tetrazole rings is 1. The van der Waals surface area contributed by atoms with Gasteiger partial charge in [0.05, 0.1) is 5.69 Å². The first kappa shape index (κ1) is 12.5. The molecule has 0 fully saturated rings. The molecule has 0 unspecified atom stereocenters. The largest absolute Gasteiger partial charge is 0.478 e. The number of aromatic nitrogens is 4. The van der Waals surface area contributed by atoms with Crippen LogP contribution in [-0.4, -0.2) is 31.3 Å². The van der Waals surface area contributed by atoms with Crippen LogP contribution in [0.25, 0.3) is 11.8 Å². The van der Waals surface area contributed by atoms with Gasteiger partial charge in [-0.25, -0.2) is 4.79 Å². The molecule has 1 aromatic carbocycles. The quantitative estimate of drug-likeness (QED) is 0.873. The number of hydrogen-bond acceptors (Lipinski definition) is 4. The number of hydrogen-bond donors (Lipinski definition) is 1. The third-order valence-electron chi connectivity index (χ3n) is 1.96. The molecular formula is C10H6Cl2N4O2. The Morgan fingerprint density at radius 2 is 1.94 bits per heavy atom. The zero-order chi connectivity index (χ0) is 13.1. The SMILES string of the molecule is O=C(O)/C=C/c1nnnn1-c1cc(Cl)cc(Cl)c1. The molecule has 6 nitrogen and oxygen atoms in total. The van der Waals surface area contributed by atoms with Crippen molar-refractivity contribution in [2.24, 2.45) is 0 Å². The summed E-state index contributed by atoms with van der Waals surface area (Å²) in [5.74, 6) is -0.829. The summed E-state index contributed by atoms with van der Waals surface area (Å²) >= 11 is 11.7. The van der Waals surface area contributed by atoms with E-state index in [4.69, 9.17) is 28.3 Å². The highest BCUT2D eigenvalue weighted by atomic mass is 35.5. The molecule has 0 saturated carbocycles. The molecule has 0 radical (unpaired) electrons. The van der Waals surface area contributed by atoms with Gasteiger partial charge < -0.3 is 5.11 Å². The summed E-state index contributed by atoms with van der Waals surface area (Å²) in [5.41, 5.74) is 0.544. The molecule has 18 heavy (non-hydrogen) atoms. The molecule has 1 aromatic heterocycles. The van der Waals surface area contributed by atoms with Crippen molar-refractivity contribution >= 4 is 35.2 Å². The van der Waals surface area contributed by atoms with Gasteiger partial charge in [-0.2, -0.15) is 4.68 Å². The van der Waals surface area contributed by atoms with Gasteiger partial charge in [0.25, 0.3) is 0 Å². The molecule has 8 heteroatoms. The predicted octanol–water partition coefficient (Wildman–Crippen LogP) is 2.07. The molecule has 2 aromatic rings. The van der Waals surface area contributed by atoms with Crippen LogP contribution < -0.4 is 0 Å². The summed E-state index contributed by atoms with van der Waals surface area (Å²) in [6.07, 6.45) is 2.21. The van der Waals surface area contributed by atoms with E-state index >= 15 is 0 Å². The van der Waals surface area contributed by atoms with E-state index < -0.39 is 5.97 Å². The van der Waals surface area contributed by atoms with Crippen LogP contribution in [0.1, 0.15) is 5.82 Å². The van der Waals surface area contributed by atoms with Crippen LogP contribution in [0.15, 0.2) is 24.3 Å². The average molecular weight is 285 g/mol. The number of carbonyl (C=O) groups is 1. The Kier molecular flexibility index (Phi) is 3.59. The Bertz CT molecular complexity index is 604. The van der Waals surface area contributed by atoms with E-state index in [1.54, 1.807) is 18.2 Å². The molecule has 0 saturated heterocycles. The van der Waals surface area contributed by atoms with Crippen molar-refractivity contribution in [1.29, 1.82) is 0 Å². The monoisotopic (exact) mass is 284 g/mol. The Balaban J connectivity index is 2.45. The first-order chi connectivity index (χ1) is 8.56. The van der Waals surface area contributed by atoms with Crippen LogP contribution in [0.2, 0.25) is 10.0 Å². The van der Waals surface area contributed by atoms with Crippen LogP contribution >= 0.6 is 23.2 Å². The van der Waals surface area contributed by atoms with Crippen molar-refractivity contribution in [3.8, 4) is 5.69 Å². The lowest BCUT2D eigenvalue weighted by molar-refractivity contribution is -0.131. The molecule has 0 spiro atoms. The summed E-state index contributed by atoms with van der Waals surface area (Å²) in [6.45, 7) is 0. The van der Waals surface area contributed by atoms with Gasteiger partial charge in [-0.05, 0) is 34.7 Å². The number of carboxylic acid groups (broad SMARTS) is 1. The number of benzene rings is 1. The fourth-order valence-corrected chi connectivity index (χ4v) is 1.80. The summed E-state index contributed by atoms with van der Waals surface area (Å²) in [5, 5.41) is 20.3. The van der Waals surface area contributed by atoms with Crippen LogP contribution in [0.4, 0.5) is 0 Å². The zero-order valence-electron chi connectivity index (χ0n) is 8.79. The van der Waals surface area contributed by atoms with Crippen LogP contribution in [-0.2, 0) is 4.79 Å². The highest BCUT2D eigenvalue weighted by Gasteiger charge is 2.07. The minimum atomic E-state index is -1.09. The van der Waals surface area contributed by atoms with Gasteiger partial charge in [0.1, 0.15) is 0 Å². The van der Waals surface area contributed by atoms with Gasteiger partial charge in [0.15, 0.2) is 5.82 Å². The Morgan fingerprint density at radius 3 is 2.56 bits per heavy atom. The lowest BCUT2D eigenvalue weighted by atomic mass is 10.3. The van der Waals surface area contributed by atoms with Crippen LogP contribution in [0.5, 0.6) is 0 Å². The number of carboxylic acids is 1. The number of aliphatic carboxylic acids is 1. The minimum absolute atomic E-state index is 0.260. The molecule has 92 valence electrons. The zero-order valence-corrected chi connectivity index (χ0v) is 10.3. The van der Waals surface area contributed by atoms with Crippen molar-refractivity contribution < 1.29 is 9.90 Å². The first-order valence-electron chi connectivity index (χ1n) is 4.72. The van der Waals surface area contributed by atoms with Crippen LogP contribution in [0, 0.1) is 0 Å². The molecule has 0 amide bonds. The van der Waals surface area contributed by atoms with Crippen molar-refractivity contribution in [3.63, 3.8) is 0 Å². The maximum Gasteiger partial charge on any atom is 0.328 e. The fraction of sp³-hybridized carbons (Fsp3) is 0. The van der Waals surface area contributed by atoms with E-state index in [0.29, 0.717) is 15.7 Å². The van der Waals surface area contributed by atoms with Crippen molar-refractivity contribution in [2.75, 3.05) is 0 Å². The predicted molar refractivity (Wildman–Crippen MR) is 65.8 cm³/mol. The number of nitrogens with zero attached hydrogens (tertiary/aromatic N) is 4. The van der Waals surface area contributed by atoms with Gasteiger partial charge in [-0.1, -0.05) is 23.2 Å². The van der Waals surface area contributed by atoms with Crippen LogP contribution in [0.3, 0.4) is 0 Å². The highest BCUT2D eigenvalue weighted by Crippen LogP contribution is 2.21. The lowest BCUT2D eigenvalue weighted by Crippen LogP contribution is -2.00. The smallest absolute Gasteiger partial charge is 0.328 e. The molecule has 1 N–H and O–H groups in total. The second-order valence-corrected chi connectivity index (χ2v) is 4.12. The van der Waals surface area contributed by atoms with Gasteiger partial charge in [-0.15, -0.1) is 5.10 Å². The van der Waals surface area contributed by atoms with Gasteiger partial charge in [0, 0.05) is 16.1 Å². The van der Waals surface area contributed by atoms with E-state index in [1.807, 2.05) is 0 Å². The number of rotatable bonds is 3. The third-order valence-corrected chi connectivity index (χ3v) is 2.40. The topological polar surface area (TPSA) is 80.9 Å². The normalized spacial score (nSPS) is 11.0. The van der Waals surface area contributed by atoms with Gasteiger partial charge >= 0.3 is 5.97 Å². The summed E-state index contributed by atoms with van der Waals surface area (Å²) in [7, 11) is 0. The molecule has 1 heterocycles. The summed E-state index contributed by atoms with van der Waals surface area (Å²) in [4.78, 5) is 10.4.